The topological polar surface area (TPSA) is 102 Å². The van der Waals surface area contributed by atoms with Crippen molar-refractivity contribution in [1.29, 1.82) is 5.26 Å². The summed E-state index contributed by atoms with van der Waals surface area (Å²) in [6, 6.07) is 14.5. The van der Waals surface area contributed by atoms with Crippen LogP contribution in [0.3, 0.4) is 0 Å². The summed E-state index contributed by atoms with van der Waals surface area (Å²) in [4.78, 5) is 23.4. The quantitative estimate of drug-likeness (QED) is 0.806. The highest BCUT2D eigenvalue weighted by Crippen LogP contribution is 2.20. The second-order valence-corrected chi connectivity index (χ2v) is 4.44. The van der Waals surface area contributed by atoms with Crippen molar-refractivity contribution in [3.63, 3.8) is 0 Å². The van der Waals surface area contributed by atoms with E-state index in [4.69, 9.17) is 5.26 Å². The first-order valence-corrected chi connectivity index (χ1v) is 6.46. The maximum Gasteiger partial charge on any atom is 0.259 e. The molecule has 0 atom stereocenters. The van der Waals surface area contributed by atoms with Crippen LogP contribution in [0.4, 0.5) is 11.4 Å². The molecule has 0 heterocycles. The summed E-state index contributed by atoms with van der Waals surface area (Å²) in [6.45, 7) is 0. The molecule has 0 aromatic heterocycles. The summed E-state index contributed by atoms with van der Waals surface area (Å²) in [5.74, 6) is -0.997. The van der Waals surface area contributed by atoms with Crippen LogP contribution in [0.1, 0.15) is 16.8 Å². The third-order valence-electron chi connectivity index (χ3n) is 2.79. The normalized spacial score (nSPS) is 9.59. The molecule has 2 aromatic carbocycles. The molecular weight excluding hydrogens is 282 g/mol. The molecule has 2 rings (SSSR count). The molecule has 22 heavy (non-hydrogen) atoms. The molecule has 0 radical (unpaired) electrons. The van der Waals surface area contributed by atoms with Gasteiger partial charge in [0.1, 0.15) is 12.2 Å². The number of carbonyl (C=O) groups is 2. The van der Waals surface area contributed by atoms with E-state index in [2.05, 4.69) is 10.6 Å². The van der Waals surface area contributed by atoms with Gasteiger partial charge in [-0.2, -0.15) is 5.26 Å². The van der Waals surface area contributed by atoms with E-state index in [1.807, 2.05) is 0 Å². The number of nitrogens with one attached hydrogen (secondary N) is 2. The minimum Gasteiger partial charge on any atom is -0.507 e. The Kier molecular flexibility index (Phi) is 4.73. The molecular formula is C16H13N3O3. The van der Waals surface area contributed by atoms with E-state index in [9.17, 15) is 14.7 Å². The van der Waals surface area contributed by atoms with Gasteiger partial charge in [-0.05, 0) is 30.3 Å². The Morgan fingerprint density at radius 2 is 1.73 bits per heavy atom. The van der Waals surface area contributed by atoms with Gasteiger partial charge in [-0.25, -0.2) is 0 Å². The summed E-state index contributed by atoms with van der Waals surface area (Å²) in [7, 11) is 0. The van der Waals surface area contributed by atoms with Gasteiger partial charge < -0.3 is 15.7 Å². The minimum absolute atomic E-state index is 0.113. The van der Waals surface area contributed by atoms with Crippen LogP contribution >= 0.6 is 0 Å². The van der Waals surface area contributed by atoms with Crippen LogP contribution in [0.5, 0.6) is 5.75 Å². The summed E-state index contributed by atoms with van der Waals surface area (Å²) < 4.78 is 0. The third kappa shape index (κ3) is 3.84. The summed E-state index contributed by atoms with van der Waals surface area (Å²) in [6.07, 6.45) is -0.242. The molecule has 110 valence electrons. The number of rotatable bonds is 4. The largest absolute Gasteiger partial charge is 0.507 e. The molecule has 0 saturated heterocycles. The van der Waals surface area contributed by atoms with E-state index < -0.39 is 11.8 Å². The Hall–Kier alpha value is -3.33. The van der Waals surface area contributed by atoms with Crippen LogP contribution in [0, 0.1) is 11.3 Å². The minimum atomic E-state index is -0.460. The van der Waals surface area contributed by atoms with Gasteiger partial charge in [-0.15, -0.1) is 0 Å². The first-order chi connectivity index (χ1) is 10.6. The second kappa shape index (κ2) is 6.90. The van der Waals surface area contributed by atoms with Crippen molar-refractivity contribution in [2.75, 3.05) is 10.6 Å². The number of para-hydroxylation sites is 1. The lowest BCUT2D eigenvalue weighted by molar-refractivity contribution is -0.115. The fraction of sp³-hybridized carbons (Fsp3) is 0.0625. The zero-order valence-electron chi connectivity index (χ0n) is 11.5. The lowest BCUT2D eigenvalue weighted by atomic mass is 10.2. The van der Waals surface area contributed by atoms with E-state index in [-0.39, 0.29) is 17.7 Å². The van der Waals surface area contributed by atoms with E-state index in [1.165, 1.54) is 12.1 Å². The molecule has 0 aliphatic rings. The number of benzene rings is 2. The van der Waals surface area contributed by atoms with Gasteiger partial charge in [0.15, 0.2) is 0 Å². The fourth-order valence-electron chi connectivity index (χ4n) is 1.82. The van der Waals surface area contributed by atoms with Crippen molar-refractivity contribution in [2.45, 2.75) is 6.42 Å². The SMILES string of the molecule is N#CCC(=O)Nc1cccc(NC(=O)c2ccccc2O)c1. The van der Waals surface area contributed by atoms with E-state index in [0.29, 0.717) is 11.4 Å². The van der Waals surface area contributed by atoms with Crippen molar-refractivity contribution in [3.8, 4) is 11.8 Å². The van der Waals surface area contributed by atoms with Gasteiger partial charge in [0.25, 0.3) is 5.91 Å². The maximum atomic E-state index is 12.1. The van der Waals surface area contributed by atoms with Crippen LogP contribution in [0.25, 0.3) is 0 Å². The Bertz CT molecular complexity index is 750. The number of hydrogen-bond donors (Lipinski definition) is 3. The first-order valence-electron chi connectivity index (χ1n) is 6.46. The maximum absolute atomic E-state index is 12.1. The number of phenols is 1. The molecule has 0 saturated carbocycles. The van der Waals surface area contributed by atoms with Gasteiger partial charge in [-0.3, -0.25) is 9.59 Å². The standard InChI is InChI=1S/C16H13N3O3/c17-9-8-15(21)18-11-4-3-5-12(10-11)19-16(22)13-6-1-2-7-14(13)20/h1-7,10,20H,8H2,(H,18,21)(H,19,22). The average Bonchev–Trinajstić information content (AvgIpc) is 2.48. The molecule has 6 nitrogen and oxygen atoms in total. The molecule has 2 amide bonds. The highest BCUT2D eigenvalue weighted by atomic mass is 16.3. The number of amides is 2. The summed E-state index contributed by atoms with van der Waals surface area (Å²) >= 11 is 0. The van der Waals surface area contributed by atoms with Crippen molar-refractivity contribution in [3.05, 3.63) is 54.1 Å². The number of phenolic OH excluding ortho intramolecular Hbond substituents is 1. The van der Waals surface area contributed by atoms with Crippen molar-refractivity contribution in [1.82, 2.24) is 0 Å². The van der Waals surface area contributed by atoms with Gasteiger partial charge in [-0.1, -0.05) is 18.2 Å². The van der Waals surface area contributed by atoms with Crippen LogP contribution in [0.15, 0.2) is 48.5 Å². The third-order valence-corrected chi connectivity index (χ3v) is 2.79. The van der Waals surface area contributed by atoms with Crippen molar-refractivity contribution in [2.24, 2.45) is 0 Å². The zero-order chi connectivity index (χ0) is 15.9. The van der Waals surface area contributed by atoms with Gasteiger partial charge >= 0.3 is 0 Å². The highest BCUT2D eigenvalue weighted by Gasteiger charge is 2.10. The number of anilines is 2. The van der Waals surface area contributed by atoms with Gasteiger partial charge in [0, 0.05) is 11.4 Å². The number of nitrogens with zero attached hydrogens (tertiary/aromatic N) is 1. The zero-order valence-corrected chi connectivity index (χ0v) is 11.5. The predicted octanol–water partition coefficient (Wildman–Crippen LogP) is 2.50. The van der Waals surface area contributed by atoms with Crippen LogP contribution in [0.2, 0.25) is 0 Å². The molecule has 6 heteroatoms. The Morgan fingerprint density at radius 3 is 2.41 bits per heavy atom. The van der Waals surface area contributed by atoms with Gasteiger partial charge in [0.05, 0.1) is 11.6 Å². The molecule has 0 fully saturated rings. The lowest BCUT2D eigenvalue weighted by Gasteiger charge is -2.09. The Balaban J connectivity index is 2.11. The van der Waals surface area contributed by atoms with Crippen molar-refractivity contribution < 1.29 is 14.7 Å². The Morgan fingerprint density at radius 1 is 1.05 bits per heavy atom. The van der Waals surface area contributed by atoms with Crippen LogP contribution < -0.4 is 10.6 Å². The van der Waals surface area contributed by atoms with E-state index in [1.54, 1.807) is 42.5 Å². The molecule has 3 N–H and O–H groups in total. The molecule has 0 bridgehead atoms. The Labute approximate surface area is 127 Å². The molecule has 2 aromatic rings. The number of aromatic hydroxyl groups is 1. The average molecular weight is 295 g/mol. The predicted molar refractivity (Wildman–Crippen MR) is 81.4 cm³/mol. The monoisotopic (exact) mass is 295 g/mol. The van der Waals surface area contributed by atoms with Crippen LogP contribution in [-0.4, -0.2) is 16.9 Å². The summed E-state index contributed by atoms with van der Waals surface area (Å²) in [5.41, 5.74) is 1.08. The fourth-order valence-corrected chi connectivity index (χ4v) is 1.82. The van der Waals surface area contributed by atoms with Gasteiger partial charge in [0.2, 0.25) is 5.91 Å². The molecule has 0 aliphatic carbocycles. The van der Waals surface area contributed by atoms with Crippen LogP contribution in [-0.2, 0) is 4.79 Å². The number of carbonyl (C=O) groups excluding carboxylic acids is 2. The van der Waals surface area contributed by atoms with E-state index in [0.717, 1.165) is 0 Å². The van der Waals surface area contributed by atoms with E-state index >= 15 is 0 Å². The molecule has 0 unspecified atom stereocenters. The van der Waals surface area contributed by atoms with Crippen molar-refractivity contribution >= 4 is 23.2 Å². The first kappa shape index (κ1) is 15.1. The number of hydrogen-bond acceptors (Lipinski definition) is 4. The number of nitriles is 1. The molecule has 0 aliphatic heterocycles. The second-order valence-electron chi connectivity index (χ2n) is 4.44. The smallest absolute Gasteiger partial charge is 0.259 e. The summed E-state index contributed by atoms with van der Waals surface area (Å²) in [5, 5.41) is 23.3. The highest BCUT2D eigenvalue weighted by molar-refractivity contribution is 6.06. The molecule has 0 spiro atoms. The lowest BCUT2D eigenvalue weighted by Crippen LogP contribution is -2.13.